The molecule has 138 valence electrons. The molecule has 0 unspecified atom stereocenters. The lowest BCUT2D eigenvalue weighted by Gasteiger charge is -2.09. The number of nitrogens with one attached hydrogen (secondary N) is 3. The Hall–Kier alpha value is -2.52. The second kappa shape index (κ2) is 6.65. The molecular weight excluding hydrogens is 367 g/mol. The molecule has 3 N–H and O–H groups in total. The Bertz CT molecular complexity index is 1030. The first kappa shape index (κ1) is 18.3. The Balaban J connectivity index is 1.91. The van der Waals surface area contributed by atoms with Crippen molar-refractivity contribution in [1.82, 2.24) is 10.3 Å². The molecule has 0 radical (unpaired) electrons. The van der Waals surface area contributed by atoms with Gasteiger partial charge in [-0.05, 0) is 36.9 Å². The summed E-state index contributed by atoms with van der Waals surface area (Å²) >= 11 is 0. The van der Waals surface area contributed by atoms with Crippen LogP contribution in [0.15, 0.2) is 53.6 Å². The Morgan fingerprint density at radius 3 is 2.38 bits per heavy atom. The number of hydrogen-bond acceptors (Lipinski definition) is 3. The molecule has 2 aromatic carbocycles. The Kier molecular flexibility index (Phi) is 4.68. The molecule has 0 spiro atoms. The van der Waals surface area contributed by atoms with E-state index >= 15 is 0 Å². The SMILES string of the molecule is CNCc1ccc(NS(=O)(=O)c2c[nH]c3cc(C(F)(F)F)ccc23)cc1. The zero-order valence-corrected chi connectivity index (χ0v) is 14.5. The van der Waals surface area contributed by atoms with E-state index in [1.165, 1.54) is 6.20 Å². The van der Waals surface area contributed by atoms with Crippen LogP contribution in [-0.4, -0.2) is 20.4 Å². The monoisotopic (exact) mass is 383 g/mol. The van der Waals surface area contributed by atoms with E-state index in [2.05, 4.69) is 15.0 Å². The van der Waals surface area contributed by atoms with Gasteiger partial charge in [-0.15, -0.1) is 0 Å². The number of anilines is 1. The molecule has 0 fully saturated rings. The van der Waals surface area contributed by atoms with Crippen LogP contribution >= 0.6 is 0 Å². The maximum Gasteiger partial charge on any atom is 0.416 e. The summed E-state index contributed by atoms with van der Waals surface area (Å²) in [7, 11) is -2.14. The molecule has 5 nitrogen and oxygen atoms in total. The van der Waals surface area contributed by atoms with Gasteiger partial charge < -0.3 is 10.3 Å². The van der Waals surface area contributed by atoms with Crippen molar-refractivity contribution in [2.75, 3.05) is 11.8 Å². The van der Waals surface area contributed by atoms with E-state index in [1.807, 2.05) is 0 Å². The zero-order chi connectivity index (χ0) is 18.9. The highest BCUT2D eigenvalue weighted by Gasteiger charge is 2.31. The van der Waals surface area contributed by atoms with E-state index in [4.69, 9.17) is 0 Å². The summed E-state index contributed by atoms with van der Waals surface area (Å²) in [6.07, 6.45) is -3.31. The minimum atomic E-state index is -4.49. The maximum atomic E-state index is 12.8. The second-order valence-corrected chi connectivity index (χ2v) is 7.39. The Morgan fingerprint density at radius 2 is 1.77 bits per heavy atom. The summed E-state index contributed by atoms with van der Waals surface area (Å²) < 4.78 is 66.0. The van der Waals surface area contributed by atoms with E-state index < -0.39 is 21.8 Å². The average Bonchev–Trinajstić information content (AvgIpc) is 3.00. The number of rotatable bonds is 5. The van der Waals surface area contributed by atoms with Gasteiger partial charge in [-0.1, -0.05) is 18.2 Å². The quantitative estimate of drug-likeness (QED) is 0.629. The van der Waals surface area contributed by atoms with Crippen molar-refractivity contribution in [3.63, 3.8) is 0 Å². The minimum Gasteiger partial charge on any atom is -0.360 e. The first-order valence-corrected chi connectivity index (χ1v) is 9.14. The van der Waals surface area contributed by atoms with E-state index in [0.717, 1.165) is 23.8 Å². The van der Waals surface area contributed by atoms with Gasteiger partial charge in [0.15, 0.2) is 0 Å². The predicted molar refractivity (Wildman–Crippen MR) is 93.3 cm³/mol. The van der Waals surface area contributed by atoms with Crippen LogP contribution in [0.3, 0.4) is 0 Å². The smallest absolute Gasteiger partial charge is 0.360 e. The van der Waals surface area contributed by atoms with Crippen LogP contribution in [0.5, 0.6) is 0 Å². The van der Waals surface area contributed by atoms with Gasteiger partial charge in [-0.3, -0.25) is 4.72 Å². The van der Waals surface area contributed by atoms with Crippen molar-refractivity contribution in [1.29, 1.82) is 0 Å². The first-order chi connectivity index (χ1) is 12.2. The van der Waals surface area contributed by atoms with Gasteiger partial charge >= 0.3 is 6.18 Å². The fourth-order valence-corrected chi connectivity index (χ4v) is 3.84. The normalized spacial score (nSPS) is 12.5. The number of halogens is 3. The van der Waals surface area contributed by atoms with Crippen LogP contribution in [0.25, 0.3) is 10.9 Å². The fraction of sp³-hybridized carbons (Fsp3) is 0.176. The third kappa shape index (κ3) is 3.68. The molecule has 0 saturated carbocycles. The highest BCUT2D eigenvalue weighted by Crippen LogP contribution is 2.33. The van der Waals surface area contributed by atoms with Crippen molar-refractivity contribution < 1.29 is 21.6 Å². The van der Waals surface area contributed by atoms with Gasteiger partial charge in [-0.2, -0.15) is 13.2 Å². The lowest BCUT2D eigenvalue weighted by Crippen LogP contribution is -2.13. The van der Waals surface area contributed by atoms with E-state index in [9.17, 15) is 21.6 Å². The van der Waals surface area contributed by atoms with Gasteiger partial charge in [0.25, 0.3) is 10.0 Å². The van der Waals surface area contributed by atoms with Crippen molar-refractivity contribution in [3.05, 3.63) is 59.8 Å². The average molecular weight is 383 g/mol. The van der Waals surface area contributed by atoms with Crippen LogP contribution in [0.4, 0.5) is 18.9 Å². The lowest BCUT2D eigenvalue weighted by molar-refractivity contribution is -0.137. The third-order valence-electron chi connectivity index (χ3n) is 3.85. The minimum absolute atomic E-state index is 0.101. The highest BCUT2D eigenvalue weighted by atomic mass is 32.2. The van der Waals surface area contributed by atoms with Gasteiger partial charge in [0, 0.05) is 29.3 Å². The second-order valence-electron chi connectivity index (χ2n) is 5.74. The van der Waals surface area contributed by atoms with Gasteiger partial charge in [0.2, 0.25) is 0 Å². The number of sulfonamides is 1. The summed E-state index contributed by atoms with van der Waals surface area (Å²) in [5, 5.41) is 3.18. The number of aromatic amines is 1. The molecular formula is C17H16F3N3O2S. The molecule has 3 aromatic rings. The Labute approximate surface area is 148 Å². The van der Waals surface area contributed by atoms with Crippen molar-refractivity contribution in [2.24, 2.45) is 0 Å². The topological polar surface area (TPSA) is 74.0 Å². The number of aromatic nitrogens is 1. The predicted octanol–water partition coefficient (Wildman–Crippen LogP) is 3.71. The molecule has 0 aliphatic rings. The Morgan fingerprint density at radius 1 is 1.08 bits per heavy atom. The van der Waals surface area contributed by atoms with Gasteiger partial charge in [-0.25, -0.2) is 8.42 Å². The van der Waals surface area contributed by atoms with E-state index in [0.29, 0.717) is 12.2 Å². The molecule has 1 aromatic heterocycles. The largest absolute Gasteiger partial charge is 0.416 e. The molecule has 0 amide bonds. The summed E-state index contributed by atoms with van der Waals surface area (Å²) in [4.78, 5) is 2.48. The molecule has 1 heterocycles. The number of hydrogen-bond donors (Lipinski definition) is 3. The van der Waals surface area contributed by atoms with Gasteiger partial charge in [0.05, 0.1) is 5.56 Å². The van der Waals surface area contributed by atoms with Crippen molar-refractivity contribution in [3.8, 4) is 0 Å². The molecule has 0 saturated heterocycles. The van der Waals surface area contributed by atoms with Crippen LogP contribution in [0.1, 0.15) is 11.1 Å². The third-order valence-corrected chi connectivity index (χ3v) is 5.27. The number of fused-ring (bicyclic) bond motifs is 1. The fourth-order valence-electron chi connectivity index (χ4n) is 2.60. The molecule has 0 bridgehead atoms. The molecule has 3 rings (SSSR count). The van der Waals surface area contributed by atoms with Gasteiger partial charge in [0.1, 0.15) is 4.90 Å². The molecule has 9 heteroatoms. The lowest BCUT2D eigenvalue weighted by atomic mass is 10.1. The maximum absolute atomic E-state index is 12.8. The zero-order valence-electron chi connectivity index (χ0n) is 13.7. The van der Waals surface area contributed by atoms with Crippen molar-refractivity contribution in [2.45, 2.75) is 17.6 Å². The van der Waals surface area contributed by atoms with E-state index in [-0.39, 0.29) is 15.8 Å². The number of H-pyrrole nitrogens is 1. The van der Waals surface area contributed by atoms with Crippen LogP contribution < -0.4 is 10.0 Å². The summed E-state index contributed by atoms with van der Waals surface area (Å²) in [6, 6.07) is 9.71. The summed E-state index contributed by atoms with van der Waals surface area (Å²) in [6.45, 7) is 0.650. The number of benzene rings is 2. The summed E-state index contributed by atoms with van der Waals surface area (Å²) in [5.41, 5.74) is 0.613. The van der Waals surface area contributed by atoms with Crippen LogP contribution in [0.2, 0.25) is 0 Å². The first-order valence-electron chi connectivity index (χ1n) is 7.65. The molecule has 0 aliphatic heterocycles. The summed E-state index contributed by atoms with van der Waals surface area (Å²) in [5.74, 6) is 0. The molecule has 0 atom stereocenters. The molecule has 26 heavy (non-hydrogen) atoms. The van der Waals surface area contributed by atoms with Crippen molar-refractivity contribution >= 4 is 26.6 Å². The number of alkyl halides is 3. The standard InChI is InChI=1S/C17H16F3N3O2S/c1-21-9-11-2-5-13(6-3-11)23-26(24,25)16-10-22-15-8-12(17(18,19)20)4-7-14(15)16/h2-8,10,21-23H,9H2,1H3. The van der Waals surface area contributed by atoms with Crippen LogP contribution in [-0.2, 0) is 22.7 Å². The van der Waals surface area contributed by atoms with Crippen LogP contribution in [0, 0.1) is 0 Å². The molecule has 0 aliphatic carbocycles. The highest BCUT2D eigenvalue weighted by molar-refractivity contribution is 7.93. The van der Waals surface area contributed by atoms with E-state index in [1.54, 1.807) is 31.3 Å².